The first-order valence-electron chi connectivity index (χ1n) is 10.1. The molecule has 0 fully saturated rings. The number of rotatable bonds is 7. The molecule has 0 bridgehead atoms. The van der Waals surface area contributed by atoms with Crippen LogP contribution >= 0.6 is 0 Å². The van der Waals surface area contributed by atoms with Crippen LogP contribution in [0.5, 0.6) is 0 Å². The maximum Gasteiger partial charge on any atom is 0.407 e. The summed E-state index contributed by atoms with van der Waals surface area (Å²) in [6.07, 6.45) is 5.35. The summed E-state index contributed by atoms with van der Waals surface area (Å²) >= 11 is 0. The number of hydrogen-bond acceptors (Lipinski definition) is 4. The molecule has 1 N–H and O–H groups in total. The molecule has 5 nitrogen and oxygen atoms in total. The highest BCUT2D eigenvalue weighted by molar-refractivity contribution is 5.84. The van der Waals surface area contributed by atoms with Gasteiger partial charge < -0.3 is 10.1 Å². The normalized spacial score (nSPS) is 18.1. The Morgan fingerprint density at radius 3 is 2.42 bits per heavy atom. The molecule has 1 aliphatic rings. The number of hydrogen-bond donors (Lipinski definition) is 1. The molecule has 2 atom stereocenters. The van der Waals surface area contributed by atoms with E-state index in [4.69, 9.17) is 4.74 Å². The minimum atomic E-state index is -0.467. The molecule has 0 aliphatic carbocycles. The number of alkyl carbamates (subject to hydrolysis) is 1. The monoisotopic (exact) mass is 368 g/mol. The molecule has 0 spiro atoms. The van der Waals surface area contributed by atoms with Crippen molar-refractivity contribution >= 4 is 17.6 Å². The molecule has 26 heavy (non-hydrogen) atoms. The summed E-state index contributed by atoms with van der Waals surface area (Å²) in [7, 11) is 0. The Labute approximate surface area is 160 Å². The second-order valence-electron chi connectivity index (χ2n) is 8.32. The summed E-state index contributed by atoms with van der Waals surface area (Å²) in [6.45, 7) is 15.5. The van der Waals surface area contributed by atoms with E-state index in [2.05, 4.69) is 24.2 Å². The number of Topliss-reactive ketones (excluding diaryl/α,β-unsaturated/α-hetero) is 1. The van der Waals surface area contributed by atoms with Gasteiger partial charge in [0.05, 0.1) is 0 Å². The predicted molar refractivity (Wildman–Crippen MR) is 109 cm³/mol. The lowest BCUT2D eigenvalue weighted by Crippen LogP contribution is -2.34. The van der Waals surface area contributed by atoms with Gasteiger partial charge in [-0.1, -0.05) is 27.7 Å². The maximum absolute atomic E-state index is 11.4. The van der Waals surface area contributed by atoms with Gasteiger partial charge in [-0.15, -0.1) is 0 Å². The van der Waals surface area contributed by atoms with E-state index < -0.39 is 11.7 Å². The van der Waals surface area contributed by atoms with Gasteiger partial charge in [-0.25, -0.2) is 4.79 Å². The van der Waals surface area contributed by atoms with Gasteiger partial charge in [0.1, 0.15) is 11.4 Å². The van der Waals surface area contributed by atoms with Crippen molar-refractivity contribution in [2.75, 3.05) is 13.1 Å². The number of amides is 1. The molecule has 0 saturated heterocycles. The van der Waals surface area contributed by atoms with Crippen molar-refractivity contribution in [1.82, 2.24) is 5.32 Å². The molecule has 1 heterocycles. The zero-order valence-electron chi connectivity index (χ0n) is 18.0. The van der Waals surface area contributed by atoms with E-state index in [9.17, 15) is 9.59 Å². The van der Waals surface area contributed by atoms with E-state index in [-0.39, 0.29) is 11.7 Å². The van der Waals surface area contributed by atoms with Crippen molar-refractivity contribution in [1.29, 1.82) is 0 Å². The molecule has 1 aliphatic heterocycles. The predicted octanol–water partition coefficient (Wildman–Crippen LogP) is 5.17. The smallest absolute Gasteiger partial charge is 0.407 e. The molecule has 152 valence electrons. The first-order chi connectivity index (χ1) is 12.1. The van der Waals surface area contributed by atoms with Gasteiger partial charge in [-0.2, -0.15) is 0 Å². The van der Waals surface area contributed by atoms with Gasteiger partial charge in [-0.3, -0.25) is 9.79 Å². The third-order valence-corrected chi connectivity index (χ3v) is 4.26. The van der Waals surface area contributed by atoms with Crippen molar-refractivity contribution in [2.24, 2.45) is 16.8 Å². The largest absolute Gasteiger partial charge is 0.444 e. The third-order valence-electron chi connectivity index (χ3n) is 4.26. The number of ether oxygens (including phenoxy) is 1. The van der Waals surface area contributed by atoms with Crippen LogP contribution in [0.1, 0.15) is 87.0 Å². The standard InChI is InChI=1S/C13H25NO3.C8H15N/c1-6-11(15)8-7-10(2)9-14-12(16)17-13(3,4)5;1-3-8-5-4-7(2)6-9-8/h10H,6-9H2,1-5H3,(H,14,16);7H,3-6H2,1-2H3/t;7-/m.0/s1. The van der Waals surface area contributed by atoms with Crippen molar-refractivity contribution in [2.45, 2.75) is 92.6 Å². The highest BCUT2D eigenvalue weighted by Gasteiger charge is 2.16. The van der Waals surface area contributed by atoms with Crippen LogP contribution in [-0.2, 0) is 9.53 Å². The first kappa shape index (κ1) is 24.6. The number of carbonyl (C=O) groups is 2. The third kappa shape index (κ3) is 13.9. The minimum Gasteiger partial charge on any atom is -0.444 e. The average Bonchev–Trinajstić information content (AvgIpc) is 2.57. The molecule has 0 radical (unpaired) electrons. The van der Waals surface area contributed by atoms with E-state index >= 15 is 0 Å². The molecule has 1 unspecified atom stereocenters. The fraction of sp³-hybridized carbons (Fsp3) is 0.857. The van der Waals surface area contributed by atoms with Gasteiger partial charge in [0, 0.05) is 31.6 Å². The lowest BCUT2D eigenvalue weighted by Gasteiger charge is -2.20. The topological polar surface area (TPSA) is 67.8 Å². The molecule has 0 aromatic heterocycles. The fourth-order valence-corrected chi connectivity index (χ4v) is 2.41. The zero-order valence-corrected chi connectivity index (χ0v) is 18.0. The Kier molecular flexibility index (Phi) is 12.2. The van der Waals surface area contributed by atoms with Gasteiger partial charge in [-0.05, 0) is 58.3 Å². The summed E-state index contributed by atoms with van der Waals surface area (Å²) in [5.41, 5.74) is 0.957. The molecule has 1 amide bonds. The van der Waals surface area contributed by atoms with Gasteiger partial charge in [0.25, 0.3) is 0 Å². The van der Waals surface area contributed by atoms with E-state index in [1.165, 1.54) is 18.6 Å². The van der Waals surface area contributed by atoms with E-state index in [1.807, 2.05) is 34.6 Å². The number of carbonyl (C=O) groups excluding carboxylic acids is 2. The Morgan fingerprint density at radius 2 is 1.96 bits per heavy atom. The summed E-state index contributed by atoms with van der Waals surface area (Å²) < 4.78 is 5.12. The molecule has 0 saturated carbocycles. The Balaban J connectivity index is 0.000000577. The van der Waals surface area contributed by atoms with Crippen molar-refractivity contribution in [3.05, 3.63) is 0 Å². The fourth-order valence-electron chi connectivity index (χ4n) is 2.41. The zero-order chi connectivity index (χ0) is 20.2. The van der Waals surface area contributed by atoms with Crippen LogP contribution in [0.3, 0.4) is 0 Å². The number of ketones is 1. The second-order valence-corrected chi connectivity index (χ2v) is 8.32. The van der Waals surface area contributed by atoms with Gasteiger partial charge >= 0.3 is 6.09 Å². The molecular formula is C21H40N2O3. The summed E-state index contributed by atoms with van der Waals surface area (Å²) in [5, 5.41) is 2.71. The first-order valence-corrected chi connectivity index (χ1v) is 10.1. The summed E-state index contributed by atoms with van der Waals surface area (Å²) in [6, 6.07) is 0. The lowest BCUT2D eigenvalue weighted by atomic mass is 9.99. The number of aliphatic imine (C=N–C) groups is 1. The van der Waals surface area contributed by atoms with E-state index in [0.717, 1.165) is 25.3 Å². The van der Waals surface area contributed by atoms with Crippen molar-refractivity contribution in [3.63, 3.8) is 0 Å². The highest BCUT2D eigenvalue weighted by atomic mass is 16.6. The SMILES string of the molecule is CCC(=O)CCC(C)CNC(=O)OC(C)(C)C.CCC1=NC[C@@H](C)CC1. The van der Waals surface area contributed by atoms with Crippen LogP contribution in [-0.4, -0.2) is 36.3 Å². The van der Waals surface area contributed by atoms with E-state index in [0.29, 0.717) is 19.4 Å². The van der Waals surface area contributed by atoms with Crippen LogP contribution in [0.25, 0.3) is 0 Å². The van der Waals surface area contributed by atoms with Crippen LogP contribution in [0.4, 0.5) is 4.79 Å². The number of nitrogens with zero attached hydrogens (tertiary/aromatic N) is 1. The van der Waals surface area contributed by atoms with Crippen LogP contribution < -0.4 is 5.32 Å². The van der Waals surface area contributed by atoms with Crippen molar-refractivity contribution in [3.8, 4) is 0 Å². The molecule has 1 rings (SSSR count). The summed E-state index contributed by atoms with van der Waals surface area (Å²) in [4.78, 5) is 26.9. The van der Waals surface area contributed by atoms with Crippen LogP contribution in [0, 0.1) is 11.8 Å². The Bertz CT molecular complexity index is 453. The molecular weight excluding hydrogens is 328 g/mol. The average molecular weight is 369 g/mol. The molecule has 5 heteroatoms. The van der Waals surface area contributed by atoms with Crippen molar-refractivity contribution < 1.29 is 14.3 Å². The highest BCUT2D eigenvalue weighted by Crippen LogP contribution is 2.14. The van der Waals surface area contributed by atoms with Gasteiger partial charge in [0.2, 0.25) is 0 Å². The number of nitrogens with one attached hydrogen (secondary N) is 1. The van der Waals surface area contributed by atoms with E-state index in [1.54, 1.807) is 0 Å². The maximum atomic E-state index is 11.4. The van der Waals surface area contributed by atoms with Crippen LogP contribution in [0.15, 0.2) is 4.99 Å². The second kappa shape index (κ2) is 12.9. The molecule has 0 aromatic rings. The molecule has 0 aromatic carbocycles. The Morgan fingerprint density at radius 1 is 1.31 bits per heavy atom. The Hall–Kier alpha value is -1.39. The van der Waals surface area contributed by atoms with Gasteiger partial charge in [0.15, 0.2) is 0 Å². The quantitative estimate of drug-likeness (QED) is 0.673. The minimum absolute atomic E-state index is 0.272. The summed E-state index contributed by atoms with van der Waals surface area (Å²) in [5.74, 6) is 1.40. The van der Waals surface area contributed by atoms with Crippen LogP contribution in [0.2, 0.25) is 0 Å². The lowest BCUT2D eigenvalue weighted by molar-refractivity contribution is -0.119.